The molecule has 14 rings (SSSR count). The van der Waals surface area contributed by atoms with Gasteiger partial charge in [-0.15, -0.1) is 26.3 Å². The van der Waals surface area contributed by atoms with E-state index in [0.29, 0.717) is 97.1 Å². The number of nitrogens with one attached hydrogen (secondary N) is 2. The second-order valence-corrected chi connectivity index (χ2v) is 44.5. The van der Waals surface area contributed by atoms with E-state index in [2.05, 4.69) is 157 Å². The summed E-state index contributed by atoms with van der Waals surface area (Å²) in [6.07, 6.45) is 22.4. The maximum Gasteiger partial charge on any atom is 0.413 e. The molecule has 32 nitrogen and oxygen atoms in total. The van der Waals surface area contributed by atoms with Crippen LogP contribution in [0.2, 0.25) is 0 Å². The topological polar surface area (TPSA) is 458 Å². The predicted molar refractivity (Wildman–Crippen MR) is 568 cm³/mol. The molecule has 804 valence electrons. The number of anilines is 2. The Kier molecular flexibility index (Phi) is 44.5. The number of nitrogens with two attached hydrogens (primary N) is 1. The van der Waals surface area contributed by atoms with Crippen LogP contribution in [0.5, 0.6) is 0 Å². The lowest BCUT2D eigenvalue weighted by molar-refractivity contribution is -0.143. The third-order valence-corrected chi connectivity index (χ3v) is 28.5. The number of aryl methyl sites for hydroxylation is 1. The van der Waals surface area contributed by atoms with E-state index in [1.165, 1.54) is 59.0 Å². The number of aromatic nitrogens is 9. The smallest absolute Gasteiger partial charge is 0.413 e. The van der Waals surface area contributed by atoms with Crippen LogP contribution in [0.1, 0.15) is 249 Å². The number of hydrogen-bond acceptors (Lipinski definition) is 25. The number of carbonyl (C=O) groups excluding carboxylic acids is 9. The van der Waals surface area contributed by atoms with Crippen molar-refractivity contribution in [1.82, 2.24) is 59.8 Å². The average molecular weight is 2390 g/mol. The minimum atomic E-state index is -1.18. The van der Waals surface area contributed by atoms with Crippen molar-refractivity contribution >= 4 is 173 Å². The zero-order valence-electron chi connectivity index (χ0n) is 85.7. The van der Waals surface area contributed by atoms with Crippen LogP contribution in [-0.4, -0.2) is 194 Å². The molecule has 10 heterocycles. The molecule has 42 heteroatoms. The lowest BCUT2D eigenvalue weighted by atomic mass is 9.88. The number of ketones is 6. The fourth-order valence-corrected chi connectivity index (χ4v) is 19.4. The number of nitrogens with zero attached hydrogens (tertiary/aromatic N) is 11. The number of halogens is 10. The van der Waals surface area contributed by atoms with Crippen molar-refractivity contribution < 1.29 is 109 Å². The fraction of sp³-hybridized carbons (Fsp3) is 0.477. The molecule has 3 amide bonds. The number of benzene rings is 1. The molecule has 8 aromatic rings. The lowest BCUT2D eigenvalue weighted by Crippen LogP contribution is -2.46. The number of carboxylic acid groups (broad SMARTS) is 3. The molecule has 149 heavy (non-hydrogen) atoms. The number of fused-ring (bicyclic) bond motifs is 4. The monoisotopic (exact) mass is 2390 g/mol. The summed E-state index contributed by atoms with van der Waals surface area (Å²) < 4.78 is 82.2. The second kappa shape index (κ2) is 54.0. The van der Waals surface area contributed by atoms with Crippen molar-refractivity contribution in [3.8, 4) is 11.1 Å². The van der Waals surface area contributed by atoms with Gasteiger partial charge in [0, 0.05) is 96.8 Å². The van der Waals surface area contributed by atoms with Gasteiger partial charge in [0.1, 0.15) is 98.6 Å². The first kappa shape index (κ1) is 123. The van der Waals surface area contributed by atoms with Crippen molar-refractivity contribution in [3.63, 3.8) is 0 Å². The molecule has 1 aromatic carbocycles. The Morgan fingerprint density at radius 3 is 1.38 bits per heavy atom. The number of ether oxygens (including phenoxy) is 3. The number of aromatic carboxylic acids is 1. The minimum absolute atomic E-state index is 0.0108. The van der Waals surface area contributed by atoms with Crippen LogP contribution in [0.4, 0.5) is 48.0 Å². The molecule has 3 aliphatic heterocycles. The molecule has 6 fully saturated rings. The standard InChI is InChI=1S/C26H34BrFN2O4.C21H26BrFN2O2.C20H31NO5.C19H18N4O3.C10H12BrFN2O2.C6H3BrFNO2.C5H4BrFN2/c1-6-7-8-16(2)20(31)11-12-26-14-19(21(32)13-17-9-10-18(28)23(27)29-17)30(22(26)15-26)24(33)34-25(3,4)5;1-3-4-5-13(2)17(26)8-9-21-11-16(25-19(21)12-21)18(27)10-14-6-7-15(23)20(22)24-14;1-6-7-8-13(2)15(22)9-10-20-11-14(17(23)24)21(16(20)12-20)18(25)26-19(3,4)5;1-4-5-13-6-14(15-8-20-12(3)21-9-15)7-16-18(11(2)24)22-23(19(13)16)10-17(25)26;1-10(2,3)16-9(15)14-7-5-4-6(12)8(11)13-7;7-5-3(8)1-2-4(9-5)6(10)11;6-5-3(7)1-2-4(8)9-5/h6,9-10,16,19,22H,1,7-8,11-15H2,2-5H3;3,6-7,13,16,19,25H,1,4-5,8-12H2,2H3;6,13-14,16H,1,7-12H2,2-5H3,(H,23,24);4,6-9H,1,5,10H2,2-3H3,(H,25,26);4-5H,1-3H3,(H,13,14,15);1-2H,(H,10,11);1-2H,(H2,8,9)/t16-,19+,22-,26+;13-,16+,19-,21+;13-,14+,16-,20+;;;;/m111..../s1. The normalized spacial score (nSPS) is 19.8. The number of amides is 3. The highest BCUT2D eigenvalue weighted by Crippen LogP contribution is 2.64. The highest BCUT2D eigenvalue weighted by atomic mass is 79.9. The summed E-state index contributed by atoms with van der Waals surface area (Å²) in [5.74, 6) is -3.95. The Labute approximate surface area is 905 Å². The first-order valence-corrected chi connectivity index (χ1v) is 52.4. The number of hydrogen-bond donors (Lipinski definition) is 6. The minimum Gasteiger partial charge on any atom is -0.480 e. The van der Waals surface area contributed by atoms with Crippen molar-refractivity contribution in [3.05, 3.63) is 222 Å². The van der Waals surface area contributed by atoms with Gasteiger partial charge in [0.15, 0.2) is 46.4 Å². The first-order chi connectivity index (χ1) is 69.7. The molecule has 3 aliphatic carbocycles. The zero-order valence-corrected chi connectivity index (χ0v) is 93.6. The van der Waals surface area contributed by atoms with Gasteiger partial charge in [-0.25, -0.2) is 80.8 Å². The van der Waals surface area contributed by atoms with E-state index in [-0.39, 0.29) is 141 Å². The predicted octanol–water partition coefficient (Wildman–Crippen LogP) is 23.2. The Morgan fingerprint density at radius 1 is 0.530 bits per heavy atom. The molecule has 12 atom stereocenters. The molecule has 7 aromatic heterocycles. The molecule has 6 aliphatic rings. The Morgan fingerprint density at radius 2 is 0.960 bits per heavy atom. The van der Waals surface area contributed by atoms with Crippen molar-refractivity contribution in [2.24, 2.45) is 34.0 Å². The lowest BCUT2D eigenvalue weighted by Gasteiger charge is -2.29. The molecule has 7 N–H and O–H groups in total. The molecule has 0 radical (unpaired) electrons. The molecule has 0 bridgehead atoms. The number of nitrogen functional groups attached to an aromatic ring is 1. The molecule has 3 saturated carbocycles. The number of pyridine rings is 5. The van der Waals surface area contributed by atoms with Crippen LogP contribution >= 0.6 is 79.6 Å². The molecular weight excluding hydrogens is 2260 g/mol. The molecule has 3 saturated heterocycles. The maximum atomic E-state index is 13.5. The van der Waals surface area contributed by atoms with Gasteiger partial charge in [-0.2, -0.15) is 5.10 Å². The highest BCUT2D eigenvalue weighted by Gasteiger charge is 2.69. The van der Waals surface area contributed by atoms with Gasteiger partial charge in [0.2, 0.25) is 0 Å². The summed E-state index contributed by atoms with van der Waals surface area (Å²) in [5.41, 5.74) is 7.10. The van der Waals surface area contributed by atoms with Crippen molar-refractivity contribution in [2.45, 2.75) is 291 Å². The third-order valence-electron chi connectivity index (χ3n) is 25.7. The maximum absolute atomic E-state index is 13.5. The van der Waals surface area contributed by atoms with Gasteiger partial charge in [0.05, 0.1) is 30.4 Å². The number of carboxylic acids is 3. The zero-order chi connectivity index (χ0) is 111. The van der Waals surface area contributed by atoms with Crippen LogP contribution < -0.4 is 16.4 Å². The summed E-state index contributed by atoms with van der Waals surface area (Å²) in [6.45, 7) is 39.6. The summed E-state index contributed by atoms with van der Waals surface area (Å²) >= 11 is 14.7. The largest absolute Gasteiger partial charge is 0.480 e. The molecule has 0 spiro atoms. The number of likely N-dealkylation sites (tertiary alicyclic amines) is 2. The van der Waals surface area contributed by atoms with Gasteiger partial charge < -0.3 is 40.6 Å². The summed E-state index contributed by atoms with van der Waals surface area (Å²) in [5, 5.41) is 37.8. The van der Waals surface area contributed by atoms with Crippen molar-refractivity contribution in [2.75, 3.05) is 11.1 Å². The van der Waals surface area contributed by atoms with Crippen molar-refractivity contribution in [1.29, 1.82) is 0 Å². The number of allylic oxidation sites excluding steroid dienone is 4. The van der Waals surface area contributed by atoms with E-state index in [9.17, 15) is 89.7 Å². The number of carbonyl (C=O) groups is 12. The van der Waals surface area contributed by atoms with E-state index in [1.807, 2.05) is 51.1 Å². The van der Waals surface area contributed by atoms with E-state index in [0.717, 1.165) is 99.5 Å². The fourth-order valence-electron chi connectivity index (χ4n) is 17.7. The van der Waals surface area contributed by atoms with Gasteiger partial charge in [-0.05, 0) is 352 Å². The van der Waals surface area contributed by atoms with Gasteiger partial charge in [-0.1, -0.05) is 45.1 Å². The number of Topliss-reactive ketones (excluding diaryl/α,β-unsaturated/α-hetero) is 6. The van der Waals surface area contributed by atoms with Gasteiger partial charge in [0.25, 0.3) is 0 Å². The Balaban J connectivity index is 0.000000219. The Hall–Kier alpha value is -11.5. The number of aliphatic carboxylic acids is 2. The van der Waals surface area contributed by atoms with Crippen LogP contribution in [0, 0.1) is 70.0 Å². The Bertz CT molecular complexity index is 6280. The molecular formula is C107H128Br5F5N14O18. The number of rotatable bonds is 36. The van der Waals surface area contributed by atoms with E-state index in [1.54, 1.807) is 98.7 Å². The van der Waals surface area contributed by atoms with E-state index in [4.69, 9.17) is 25.1 Å². The summed E-state index contributed by atoms with van der Waals surface area (Å²) in [6, 6.07) is 15.1. The first-order valence-electron chi connectivity index (χ1n) is 48.4. The summed E-state index contributed by atoms with van der Waals surface area (Å²) in [4.78, 5) is 176. The van der Waals surface area contributed by atoms with Crippen LogP contribution in [-0.2, 0) is 73.6 Å². The second-order valence-electron chi connectivity index (χ2n) is 40.8. The number of piperidine rings is 3. The summed E-state index contributed by atoms with van der Waals surface area (Å²) in [7, 11) is 0. The van der Waals surface area contributed by atoms with Crippen LogP contribution in [0.25, 0.3) is 22.0 Å². The SMILES string of the molecule is C=CCC[C@@H](C)C(=O)CC[C@@]12C[C@@H](C(=O)Cc3ccc(F)c(Br)n3)N(C(=O)OC(C)(C)C)[C@@H]1C2.C=CCC[C@@H](C)C(=O)CC[C@@]12C[C@@H](C(=O)Cc3ccc(F)c(Br)n3)N[C@@H]1C2.C=CCC[C@@H](C)C(=O)CC[C@@]12C[C@@H](C(=O)O)N(C(=O)OC(C)(C)C)[C@@H]1C2.C=CCc1cc(-c2cnc(C)nc2)cc2c(C(C)=O)nn(CC(=O)O)c12.CC(C)(C)OC(=O)Nc1ccc(F)c(Br)n1.Nc1ccc(F)c(Br)n1.O=C(O)c1ccc(F)c(Br)n1. The molecule has 0 unspecified atom stereocenters. The highest BCUT2D eigenvalue weighted by molar-refractivity contribution is 9.11. The average Bonchev–Trinajstić information content (AvgIpc) is 1.56. The van der Waals surface area contributed by atoms with E-state index < -0.39 is 94.2 Å². The quantitative estimate of drug-likeness (QED) is 0.00698. The van der Waals surface area contributed by atoms with Gasteiger partial charge in [-0.3, -0.25) is 53.4 Å². The third kappa shape index (κ3) is 36.1. The van der Waals surface area contributed by atoms with E-state index >= 15 is 0 Å². The van der Waals surface area contributed by atoms with Crippen LogP contribution in [0.3, 0.4) is 0 Å². The van der Waals surface area contributed by atoms with Crippen LogP contribution in [0.15, 0.2) is 159 Å². The van der Waals surface area contributed by atoms with Gasteiger partial charge >= 0.3 is 36.2 Å².